The molecule has 2 rings (SSSR count). The Morgan fingerprint density at radius 1 is 1.18 bits per heavy atom. The van der Waals surface area contributed by atoms with Gasteiger partial charge in [0.1, 0.15) is 5.58 Å². The van der Waals surface area contributed by atoms with Gasteiger partial charge in [0, 0.05) is 32.1 Å². The predicted molar refractivity (Wildman–Crippen MR) is 86.9 cm³/mol. The van der Waals surface area contributed by atoms with Crippen LogP contribution in [0.5, 0.6) is 0 Å². The minimum Gasteiger partial charge on any atom is -0.423 e. The predicted octanol–water partition coefficient (Wildman–Crippen LogP) is 1.88. The lowest BCUT2D eigenvalue weighted by molar-refractivity contribution is -0.129. The van der Waals surface area contributed by atoms with Gasteiger partial charge in [-0.3, -0.25) is 9.69 Å². The van der Waals surface area contributed by atoms with Crippen LogP contribution in [0, 0.1) is 0 Å². The summed E-state index contributed by atoms with van der Waals surface area (Å²) in [5.74, 6) is 0.0306. The van der Waals surface area contributed by atoms with Crippen molar-refractivity contribution in [1.82, 2.24) is 9.80 Å². The first-order valence-corrected chi connectivity index (χ1v) is 7.35. The quantitative estimate of drug-likeness (QED) is 0.791. The number of hydrogen-bond acceptors (Lipinski definition) is 4. The normalized spacial score (nSPS) is 11.1. The smallest absolute Gasteiger partial charge is 0.336 e. The summed E-state index contributed by atoms with van der Waals surface area (Å²) < 4.78 is 5.30. The number of fused-ring (bicyclic) bond motifs is 1. The maximum atomic E-state index is 11.8. The van der Waals surface area contributed by atoms with Crippen LogP contribution in [0.25, 0.3) is 11.0 Å². The average Bonchev–Trinajstić information content (AvgIpc) is 2.45. The van der Waals surface area contributed by atoms with Crippen LogP contribution in [0.1, 0.15) is 18.1 Å². The van der Waals surface area contributed by atoms with Gasteiger partial charge < -0.3 is 9.32 Å². The SMILES string of the molecule is CCc1ccc2c(CN(C)CC(=O)N(C)C)cc(=O)oc2c1. The van der Waals surface area contributed by atoms with Crippen LogP contribution in [0.15, 0.2) is 33.5 Å². The molecule has 0 aliphatic carbocycles. The molecule has 0 spiro atoms. The third-order valence-corrected chi connectivity index (χ3v) is 3.65. The van der Waals surface area contributed by atoms with Crippen LogP contribution >= 0.6 is 0 Å². The molecular weight excluding hydrogens is 280 g/mol. The molecule has 2 aromatic rings. The summed E-state index contributed by atoms with van der Waals surface area (Å²) in [6.07, 6.45) is 0.890. The minimum atomic E-state index is -0.358. The second-order valence-electron chi connectivity index (χ2n) is 5.74. The molecule has 1 amide bonds. The Balaban J connectivity index is 2.31. The molecule has 0 N–H and O–H groups in total. The molecule has 0 fully saturated rings. The van der Waals surface area contributed by atoms with Crippen LogP contribution < -0.4 is 5.63 Å². The Hall–Kier alpha value is -2.14. The van der Waals surface area contributed by atoms with Crippen molar-refractivity contribution >= 4 is 16.9 Å². The lowest BCUT2D eigenvalue weighted by Gasteiger charge is -2.19. The first kappa shape index (κ1) is 16.2. The zero-order valence-corrected chi connectivity index (χ0v) is 13.5. The van der Waals surface area contributed by atoms with Crippen molar-refractivity contribution in [2.45, 2.75) is 19.9 Å². The van der Waals surface area contributed by atoms with Crippen molar-refractivity contribution in [2.24, 2.45) is 0 Å². The summed E-state index contributed by atoms with van der Waals surface area (Å²) in [6, 6.07) is 7.43. The van der Waals surface area contributed by atoms with E-state index in [1.807, 2.05) is 30.1 Å². The zero-order valence-electron chi connectivity index (χ0n) is 13.5. The van der Waals surface area contributed by atoms with Gasteiger partial charge in [0.15, 0.2) is 0 Å². The summed E-state index contributed by atoms with van der Waals surface area (Å²) in [4.78, 5) is 27.0. The van der Waals surface area contributed by atoms with Gasteiger partial charge in [-0.2, -0.15) is 0 Å². The maximum absolute atomic E-state index is 11.8. The fourth-order valence-corrected chi connectivity index (χ4v) is 2.34. The average molecular weight is 302 g/mol. The van der Waals surface area contributed by atoms with E-state index < -0.39 is 0 Å². The van der Waals surface area contributed by atoms with Crippen molar-refractivity contribution in [2.75, 3.05) is 27.7 Å². The van der Waals surface area contributed by atoms with Gasteiger partial charge in [-0.15, -0.1) is 0 Å². The highest BCUT2D eigenvalue weighted by molar-refractivity contribution is 5.81. The number of carbonyl (C=O) groups excluding carboxylic acids is 1. The number of nitrogens with zero attached hydrogens (tertiary/aromatic N) is 2. The summed E-state index contributed by atoms with van der Waals surface area (Å²) in [7, 11) is 5.33. The molecule has 118 valence electrons. The van der Waals surface area contributed by atoms with E-state index in [2.05, 4.69) is 6.92 Å². The van der Waals surface area contributed by atoms with E-state index in [9.17, 15) is 9.59 Å². The summed E-state index contributed by atoms with van der Waals surface area (Å²) in [5, 5.41) is 0.918. The van der Waals surface area contributed by atoms with E-state index in [4.69, 9.17) is 4.42 Å². The molecule has 5 nitrogen and oxygen atoms in total. The summed E-state index contributed by atoms with van der Waals surface area (Å²) in [6.45, 7) is 2.89. The molecule has 0 saturated heterocycles. The highest BCUT2D eigenvalue weighted by Gasteiger charge is 2.12. The van der Waals surface area contributed by atoms with E-state index in [0.29, 0.717) is 18.7 Å². The first-order valence-electron chi connectivity index (χ1n) is 7.35. The Morgan fingerprint density at radius 2 is 1.91 bits per heavy atom. The summed E-state index contributed by atoms with van der Waals surface area (Å²) >= 11 is 0. The fraction of sp³-hybridized carbons (Fsp3) is 0.412. The number of hydrogen-bond donors (Lipinski definition) is 0. The van der Waals surface area contributed by atoms with E-state index in [1.165, 1.54) is 6.07 Å². The monoisotopic (exact) mass is 302 g/mol. The number of amides is 1. The highest BCUT2D eigenvalue weighted by Crippen LogP contribution is 2.20. The van der Waals surface area contributed by atoms with Crippen molar-refractivity contribution in [3.05, 3.63) is 45.8 Å². The van der Waals surface area contributed by atoms with Crippen LogP contribution in [0.4, 0.5) is 0 Å². The van der Waals surface area contributed by atoms with E-state index in [1.54, 1.807) is 19.0 Å². The molecular formula is C17H22N2O3. The standard InChI is InChI=1S/C17H22N2O3/c1-5-12-6-7-14-13(9-17(21)22-15(14)8-12)10-19(4)11-16(20)18(2)3/h6-9H,5,10-11H2,1-4H3. The molecule has 0 aliphatic rings. The van der Waals surface area contributed by atoms with Gasteiger partial charge in [-0.1, -0.05) is 19.1 Å². The Labute approximate surface area is 130 Å². The lowest BCUT2D eigenvalue weighted by Crippen LogP contribution is -2.34. The molecule has 0 aliphatic heterocycles. The molecule has 0 bridgehead atoms. The molecule has 1 aromatic carbocycles. The first-order chi connectivity index (χ1) is 10.4. The second-order valence-corrected chi connectivity index (χ2v) is 5.74. The largest absolute Gasteiger partial charge is 0.423 e. The molecule has 0 radical (unpaired) electrons. The molecule has 0 unspecified atom stereocenters. The molecule has 1 aromatic heterocycles. The van der Waals surface area contributed by atoms with Gasteiger partial charge in [0.25, 0.3) is 0 Å². The maximum Gasteiger partial charge on any atom is 0.336 e. The fourth-order valence-electron chi connectivity index (χ4n) is 2.34. The van der Waals surface area contributed by atoms with E-state index in [-0.39, 0.29) is 11.5 Å². The van der Waals surface area contributed by atoms with E-state index >= 15 is 0 Å². The van der Waals surface area contributed by atoms with Gasteiger partial charge in [0.05, 0.1) is 6.54 Å². The topological polar surface area (TPSA) is 53.8 Å². The lowest BCUT2D eigenvalue weighted by atomic mass is 10.1. The Morgan fingerprint density at radius 3 is 2.55 bits per heavy atom. The van der Waals surface area contributed by atoms with Gasteiger partial charge >= 0.3 is 5.63 Å². The zero-order chi connectivity index (χ0) is 16.3. The van der Waals surface area contributed by atoms with Gasteiger partial charge in [0.2, 0.25) is 5.91 Å². The second kappa shape index (κ2) is 6.75. The number of aryl methyl sites for hydroxylation is 1. The Kier molecular flexibility index (Phi) is 4.98. The van der Waals surface area contributed by atoms with Crippen LogP contribution in [-0.2, 0) is 17.8 Å². The van der Waals surface area contributed by atoms with Gasteiger partial charge in [-0.05, 0) is 30.7 Å². The van der Waals surface area contributed by atoms with Crippen LogP contribution in [0.2, 0.25) is 0 Å². The number of rotatable bonds is 5. The number of benzene rings is 1. The van der Waals surface area contributed by atoms with Gasteiger partial charge in [-0.25, -0.2) is 4.79 Å². The van der Waals surface area contributed by atoms with Crippen molar-refractivity contribution in [3.8, 4) is 0 Å². The number of carbonyl (C=O) groups is 1. The number of likely N-dealkylation sites (N-methyl/N-ethyl adjacent to an activating group) is 2. The van der Waals surface area contributed by atoms with Crippen LogP contribution in [0.3, 0.4) is 0 Å². The van der Waals surface area contributed by atoms with Crippen LogP contribution in [-0.4, -0.2) is 43.4 Å². The van der Waals surface area contributed by atoms with E-state index in [0.717, 1.165) is 22.9 Å². The minimum absolute atomic E-state index is 0.0306. The van der Waals surface area contributed by atoms with Crippen molar-refractivity contribution in [3.63, 3.8) is 0 Å². The third kappa shape index (κ3) is 3.74. The Bertz CT molecular complexity index is 734. The molecule has 0 atom stereocenters. The van der Waals surface area contributed by atoms with Crippen molar-refractivity contribution < 1.29 is 9.21 Å². The molecule has 22 heavy (non-hydrogen) atoms. The molecule has 5 heteroatoms. The third-order valence-electron chi connectivity index (χ3n) is 3.65. The molecule has 0 saturated carbocycles. The highest BCUT2D eigenvalue weighted by atomic mass is 16.4. The van der Waals surface area contributed by atoms with Crippen molar-refractivity contribution in [1.29, 1.82) is 0 Å². The molecule has 1 heterocycles. The summed E-state index contributed by atoms with van der Waals surface area (Å²) in [5.41, 5.74) is 2.25.